The van der Waals surface area contributed by atoms with Crippen LogP contribution in [0.5, 0.6) is 0 Å². The van der Waals surface area contributed by atoms with E-state index in [1.165, 1.54) is 0 Å². The molecule has 0 saturated carbocycles. The molecule has 2 rings (SSSR count). The van der Waals surface area contributed by atoms with Crippen molar-refractivity contribution in [2.24, 2.45) is 11.7 Å². The van der Waals surface area contributed by atoms with Crippen LogP contribution in [0.1, 0.15) is 32.1 Å². The van der Waals surface area contributed by atoms with E-state index in [0.29, 0.717) is 25.4 Å². The number of hydrogen-bond acceptors (Lipinski definition) is 3. The van der Waals surface area contributed by atoms with E-state index in [0.717, 1.165) is 32.4 Å². The molecule has 0 bridgehead atoms. The summed E-state index contributed by atoms with van der Waals surface area (Å²) in [4.78, 5) is 26.6. The molecule has 3 N–H and O–H groups in total. The molecular weight excluding hydrogens is 246 g/mol. The second kappa shape index (κ2) is 6.23. The highest BCUT2D eigenvalue weighted by molar-refractivity contribution is 5.75. The largest absolute Gasteiger partial charge is 0.481 e. The number of carboxylic acids is 1. The fraction of sp³-hybridized carbons (Fsp3) is 0.846. The number of nitrogens with two attached hydrogens (primary N) is 1. The van der Waals surface area contributed by atoms with Crippen molar-refractivity contribution in [3.05, 3.63) is 0 Å². The first-order valence-electron chi connectivity index (χ1n) is 7.07. The van der Waals surface area contributed by atoms with E-state index in [-0.39, 0.29) is 18.5 Å². The zero-order valence-electron chi connectivity index (χ0n) is 11.3. The van der Waals surface area contributed by atoms with Gasteiger partial charge >= 0.3 is 12.0 Å². The van der Waals surface area contributed by atoms with Gasteiger partial charge in [-0.15, -0.1) is 0 Å². The van der Waals surface area contributed by atoms with Crippen LogP contribution in [0.4, 0.5) is 4.79 Å². The summed E-state index contributed by atoms with van der Waals surface area (Å²) in [6.07, 6.45) is 3.74. The number of urea groups is 1. The zero-order valence-corrected chi connectivity index (χ0v) is 11.3. The number of piperidine rings is 1. The number of carbonyl (C=O) groups is 2. The summed E-state index contributed by atoms with van der Waals surface area (Å²) < 4.78 is 0. The molecule has 6 nitrogen and oxygen atoms in total. The third-order valence-electron chi connectivity index (χ3n) is 4.05. The lowest BCUT2D eigenvalue weighted by Crippen LogP contribution is -2.50. The Hall–Kier alpha value is -1.30. The van der Waals surface area contributed by atoms with Crippen LogP contribution >= 0.6 is 0 Å². The first kappa shape index (κ1) is 14.1. The molecule has 6 heteroatoms. The number of rotatable bonds is 3. The van der Waals surface area contributed by atoms with Gasteiger partial charge in [-0.3, -0.25) is 4.79 Å². The summed E-state index contributed by atoms with van der Waals surface area (Å²) in [7, 11) is 0. The molecular formula is C13H23N3O3. The van der Waals surface area contributed by atoms with Gasteiger partial charge in [0.25, 0.3) is 0 Å². The van der Waals surface area contributed by atoms with Crippen LogP contribution in [0.2, 0.25) is 0 Å². The third kappa shape index (κ3) is 3.83. The molecule has 0 aliphatic carbocycles. The number of amides is 2. The minimum atomic E-state index is -0.758. The lowest BCUT2D eigenvalue weighted by Gasteiger charge is -2.33. The highest BCUT2D eigenvalue weighted by Crippen LogP contribution is 2.23. The molecule has 2 amide bonds. The van der Waals surface area contributed by atoms with E-state index in [4.69, 9.17) is 10.8 Å². The van der Waals surface area contributed by atoms with E-state index in [1.807, 2.05) is 9.80 Å². The quantitative estimate of drug-likeness (QED) is 0.790. The van der Waals surface area contributed by atoms with Crippen molar-refractivity contribution in [1.82, 2.24) is 9.80 Å². The third-order valence-corrected chi connectivity index (χ3v) is 4.05. The first-order valence-corrected chi connectivity index (χ1v) is 7.07. The number of nitrogens with zero attached hydrogens (tertiary/aromatic N) is 2. The van der Waals surface area contributed by atoms with E-state index >= 15 is 0 Å². The number of likely N-dealkylation sites (tertiary alicyclic amines) is 2. The maximum absolute atomic E-state index is 12.3. The van der Waals surface area contributed by atoms with Crippen LogP contribution in [-0.2, 0) is 4.79 Å². The molecule has 0 aromatic heterocycles. The van der Waals surface area contributed by atoms with Crippen molar-refractivity contribution in [3.8, 4) is 0 Å². The van der Waals surface area contributed by atoms with Crippen molar-refractivity contribution in [2.45, 2.75) is 38.1 Å². The van der Waals surface area contributed by atoms with Gasteiger partial charge in [-0.05, 0) is 31.6 Å². The van der Waals surface area contributed by atoms with Crippen LogP contribution < -0.4 is 5.73 Å². The van der Waals surface area contributed by atoms with Crippen LogP contribution in [0, 0.1) is 5.92 Å². The number of hydrogen-bond donors (Lipinski definition) is 2. The Bertz CT molecular complexity index is 348. The summed E-state index contributed by atoms with van der Waals surface area (Å²) in [6, 6.07) is 0.177. The van der Waals surface area contributed by atoms with Gasteiger partial charge in [0, 0.05) is 38.6 Å². The molecule has 2 heterocycles. The Kier molecular flexibility index (Phi) is 4.63. The van der Waals surface area contributed by atoms with E-state index in [1.54, 1.807) is 0 Å². The van der Waals surface area contributed by atoms with Crippen molar-refractivity contribution >= 4 is 12.0 Å². The SMILES string of the molecule is NC1CCCN(C(=O)N2CCC(CCC(=O)O)C2)C1. The molecule has 0 radical (unpaired) electrons. The summed E-state index contributed by atoms with van der Waals surface area (Å²) in [6.45, 7) is 2.88. The second-order valence-electron chi connectivity index (χ2n) is 5.66. The maximum atomic E-state index is 12.3. The predicted octanol–water partition coefficient (Wildman–Crippen LogP) is 0.716. The highest BCUT2D eigenvalue weighted by atomic mass is 16.4. The molecule has 2 atom stereocenters. The Labute approximate surface area is 113 Å². The Morgan fingerprint density at radius 1 is 1.16 bits per heavy atom. The highest BCUT2D eigenvalue weighted by Gasteiger charge is 2.31. The second-order valence-corrected chi connectivity index (χ2v) is 5.66. The molecule has 108 valence electrons. The first-order chi connectivity index (χ1) is 9.06. The van der Waals surface area contributed by atoms with Crippen molar-refractivity contribution in [1.29, 1.82) is 0 Å². The van der Waals surface area contributed by atoms with Gasteiger partial charge in [0.2, 0.25) is 0 Å². The predicted molar refractivity (Wildman–Crippen MR) is 70.7 cm³/mol. The lowest BCUT2D eigenvalue weighted by molar-refractivity contribution is -0.137. The van der Waals surface area contributed by atoms with Gasteiger partial charge in [-0.2, -0.15) is 0 Å². The van der Waals surface area contributed by atoms with Gasteiger partial charge in [0.05, 0.1) is 0 Å². The van der Waals surface area contributed by atoms with Gasteiger partial charge in [-0.1, -0.05) is 0 Å². The van der Waals surface area contributed by atoms with Gasteiger partial charge in [0.1, 0.15) is 0 Å². The number of aliphatic carboxylic acids is 1. The molecule has 2 fully saturated rings. The maximum Gasteiger partial charge on any atom is 0.320 e. The Balaban J connectivity index is 1.79. The van der Waals surface area contributed by atoms with Crippen molar-refractivity contribution in [2.75, 3.05) is 26.2 Å². The summed E-state index contributed by atoms with van der Waals surface area (Å²) in [5.74, 6) is -0.426. The Morgan fingerprint density at radius 3 is 2.58 bits per heavy atom. The monoisotopic (exact) mass is 269 g/mol. The van der Waals surface area contributed by atoms with Gasteiger partial charge in [0.15, 0.2) is 0 Å². The summed E-state index contributed by atoms with van der Waals surface area (Å²) in [5.41, 5.74) is 5.89. The van der Waals surface area contributed by atoms with E-state index in [9.17, 15) is 9.59 Å². The Morgan fingerprint density at radius 2 is 1.89 bits per heavy atom. The minimum absolute atomic E-state index is 0.0768. The van der Waals surface area contributed by atoms with Crippen molar-refractivity contribution < 1.29 is 14.7 Å². The molecule has 2 aliphatic rings. The molecule has 2 saturated heterocycles. The van der Waals surface area contributed by atoms with Crippen molar-refractivity contribution in [3.63, 3.8) is 0 Å². The molecule has 2 aliphatic heterocycles. The van der Waals surface area contributed by atoms with Gasteiger partial charge in [-0.25, -0.2) is 4.79 Å². The van der Waals surface area contributed by atoms with Gasteiger partial charge < -0.3 is 20.6 Å². The van der Waals surface area contributed by atoms with Crippen LogP contribution in [0.3, 0.4) is 0 Å². The van der Waals surface area contributed by atoms with Crippen LogP contribution in [-0.4, -0.2) is 59.1 Å². The normalized spacial score (nSPS) is 27.6. The zero-order chi connectivity index (χ0) is 13.8. The lowest BCUT2D eigenvalue weighted by atomic mass is 10.0. The summed E-state index contributed by atoms with van der Waals surface area (Å²) >= 11 is 0. The van der Waals surface area contributed by atoms with E-state index in [2.05, 4.69) is 0 Å². The number of carbonyl (C=O) groups excluding carboxylic acids is 1. The molecule has 2 unspecified atom stereocenters. The molecule has 0 aromatic carbocycles. The molecule has 0 spiro atoms. The fourth-order valence-corrected chi connectivity index (χ4v) is 2.95. The average molecular weight is 269 g/mol. The smallest absolute Gasteiger partial charge is 0.320 e. The average Bonchev–Trinajstić information content (AvgIpc) is 2.84. The molecule has 0 aromatic rings. The molecule has 19 heavy (non-hydrogen) atoms. The minimum Gasteiger partial charge on any atom is -0.481 e. The standard InChI is InChI=1S/C13H23N3O3/c14-11-2-1-6-15(9-11)13(19)16-7-5-10(8-16)3-4-12(17)18/h10-11H,1-9,14H2,(H,17,18). The summed E-state index contributed by atoms with van der Waals surface area (Å²) in [5, 5.41) is 8.68. The van der Waals surface area contributed by atoms with E-state index < -0.39 is 5.97 Å². The van der Waals surface area contributed by atoms with Crippen LogP contribution in [0.25, 0.3) is 0 Å². The fourth-order valence-electron chi connectivity index (χ4n) is 2.95. The van der Waals surface area contributed by atoms with Crippen LogP contribution in [0.15, 0.2) is 0 Å². The number of carboxylic acid groups (broad SMARTS) is 1. The topological polar surface area (TPSA) is 86.9 Å².